The van der Waals surface area contributed by atoms with Gasteiger partial charge >= 0.3 is 12.1 Å². The molecule has 0 unspecified atom stereocenters. The third kappa shape index (κ3) is 3.82. The van der Waals surface area contributed by atoms with E-state index in [1.165, 1.54) is 23.6 Å². The fourth-order valence-electron chi connectivity index (χ4n) is 4.12. The molecule has 1 aliphatic carbocycles. The monoisotopic (exact) mass is 387 g/mol. The van der Waals surface area contributed by atoms with Gasteiger partial charge in [0.05, 0.1) is 24.6 Å². The standard InChI is InChI=1S/C18H24F3N3O3/c1-11-14(16(25)23-9-7-12(8-10-23)17(26)27-2)15(18(19,20)21)22-24(11)13-5-3-4-6-13/h12-13H,3-10H2,1-2H3. The highest BCUT2D eigenvalue weighted by atomic mass is 19.4. The lowest BCUT2D eigenvalue weighted by Gasteiger charge is -2.31. The van der Waals surface area contributed by atoms with Crippen LogP contribution in [0, 0.1) is 12.8 Å². The van der Waals surface area contributed by atoms with Gasteiger partial charge < -0.3 is 9.64 Å². The van der Waals surface area contributed by atoms with E-state index in [-0.39, 0.29) is 42.3 Å². The Kier molecular flexibility index (Phi) is 5.48. The Hall–Kier alpha value is -2.06. The van der Waals surface area contributed by atoms with E-state index < -0.39 is 17.8 Å². The SMILES string of the molecule is COC(=O)C1CCN(C(=O)c2c(C(F)(F)F)nn(C3CCCC3)c2C)CC1. The summed E-state index contributed by atoms with van der Waals surface area (Å²) in [5.41, 5.74) is -1.19. The largest absolute Gasteiger partial charge is 0.469 e. The molecule has 2 heterocycles. The average molecular weight is 387 g/mol. The van der Waals surface area contributed by atoms with Gasteiger partial charge in [0, 0.05) is 18.8 Å². The third-order valence-corrected chi connectivity index (χ3v) is 5.62. The van der Waals surface area contributed by atoms with Crippen molar-refractivity contribution >= 4 is 11.9 Å². The minimum Gasteiger partial charge on any atom is -0.469 e. The molecule has 1 aliphatic heterocycles. The lowest BCUT2D eigenvalue weighted by atomic mass is 9.96. The summed E-state index contributed by atoms with van der Waals surface area (Å²) in [6, 6.07) is -0.0855. The van der Waals surface area contributed by atoms with Gasteiger partial charge in [0.25, 0.3) is 5.91 Å². The lowest BCUT2D eigenvalue weighted by Crippen LogP contribution is -2.41. The molecule has 0 spiro atoms. The van der Waals surface area contributed by atoms with Gasteiger partial charge in [0.1, 0.15) is 0 Å². The van der Waals surface area contributed by atoms with E-state index in [9.17, 15) is 22.8 Å². The molecule has 27 heavy (non-hydrogen) atoms. The van der Waals surface area contributed by atoms with Crippen LogP contribution in [0.25, 0.3) is 0 Å². The molecule has 2 aliphatic rings. The Labute approximate surface area is 155 Å². The third-order valence-electron chi connectivity index (χ3n) is 5.62. The Morgan fingerprint density at radius 2 is 1.70 bits per heavy atom. The summed E-state index contributed by atoms with van der Waals surface area (Å²) in [6.45, 7) is 1.99. The number of amides is 1. The second-order valence-corrected chi connectivity index (χ2v) is 7.28. The molecule has 0 aromatic carbocycles. The summed E-state index contributed by atoms with van der Waals surface area (Å²) in [4.78, 5) is 25.9. The van der Waals surface area contributed by atoms with Crippen molar-refractivity contribution in [2.24, 2.45) is 5.92 Å². The van der Waals surface area contributed by atoms with Gasteiger partial charge in [-0.05, 0) is 32.6 Å². The van der Waals surface area contributed by atoms with Crippen molar-refractivity contribution in [1.82, 2.24) is 14.7 Å². The molecule has 150 valence electrons. The van der Waals surface area contributed by atoms with E-state index >= 15 is 0 Å². The molecule has 6 nitrogen and oxygen atoms in total. The fourth-order valence-corrected chi connectivity index (χ4v) is 4.12. The zero-order valence-electron chi connectivity index (χ0n) is 15.5. The van der Waals surface area contributed by atoms with Crippen molar-refractivity contribution in [2.45, 2.75) is 57.7 Å². The minimum atomic E-state index is -4.69. The number of likely N-dealkylation sites (tertiary alicyclic amines) is 1. The van der Waals surface area contributed by atoms with Gasteiger partial charge in [-0.3, -0.25) is 14.3 Å². The highest BCUT2D eigenvalue weighted by Crippen LogP contribution is 2.37. The summed E-state index contributed by atoms with van der Waals surface area (Å²) in [6.07, 6.45) is -0.462. The summed E-state index contributed by atoms with van der Waals surface area (Å²) >= 11 is 0. The van der Waals surface area contributed by atoms with Crippen LogP contribution in [0.15, 0.2) is 0 Å². The summed E-state index contributed by atoms with van der Waals surface area (Å²) in [5, 5.41) is 3.81. The first-order chi connectivity index (χ1) is 12.7. The fraction of sp³-hybridized carbons (Fsp3) is 0.722. The van der Waals surface area contributed by atoms with Crippen LogP contribution in [-0.2, 0) is 15.7 Å². The quantitative estimate of drug-likeness (QED) is 0.746. The van der Waals surface area contributed by atoms with Crippen LogP contribution in [0.4, 0.5) is 13.2 Å². The van der Waals surface area contributed by atoms with Crippen molar-refractivity contribution in [3.63, 3.8) is 0 Å². The van der Waals surface area contributed by atoms with E-state index in [0.29, 0.717) is 12.8 Å². The van der Waals surface area contributed by atoms with Crippen molar-refractivity contribution in [1.29, 1.82) is 0 Å². The number of piperidine rings is 1. The Morgan fingerprint density at radius 1 is 1.11 bits per heavy atom. The predicted octanol–water partition coefficient (Wildman–Crippen LogP) is 3.35. The maximum Gasteiger partial charge on any atom is 0.435 e. The van der Waals surface area contributed by atoms with Gasteiger partial charge in [-0.1, -0.05) is 12.8 Å². The summed E-state index contributed by atoms with van der Waals surface area (Å²) < 4.78 is 46.8. The Bertz CT molecular complexity index is 715. The van der Waals surface area contributed by atoms with Crippen LogP contribution in [0.1, 0.15) is 66.3 Å². The zero-order valence-corrected chi connectivity index (χ0v) is 15.5. The molecular formula is C18H24F3N3O3. The van der Waals surface area contributed by atoms with Crippen LogP contribution in [0.2, 0.25) is 0 Å². The van der Waals surface area contributed by atoms with E-state index in [1.54, 1.807) is 0 Å². The molecule has 1 saturated heterocycles. The number of ether oxygens (including phenoxy) is 1. The molecule has 0 radical (unpaired) electrons. The Morgan fingerprint density at radius 3 is 2.22 bits per heavy atom. The van der Waals surface area contributed by atoms with E-state index in [1.807, 2.05) is 0 Å². The average Bonchev–Trinajstić information content (AvgIpc) is 3.27. The molecule has 3 rings (SSSR count). The molecule has 2 fully saturated rings. The van der Waals surface area contributed by atoms with E-state index in [0.717, 1.165) is 25.7 Å². The van der Waals surface area contributed by atoms with Gasteiger partial charge in [0.2, 0.25) is 0 Å². The highest BCUT2D eigenvalue weighted by molar-refractivity contribution is 5.97. The minimum absolute atomic E-state index is 0.0855. The molecule has 0 bridgehead atoms. The van der Waals surface area contributed by atoms with Gasteiger partial charge in [-0.2, -0.15) is 18.3 Å². The number of esters is 1. The summed E-state index contributed by atoms with van der Waals surface area (Å²) in [5.74, 6) is -1.32. The number of alkyl halides is 3. The number of carbonyl (C=O) groups excluding carboxylic acids is 2. The molecule has 1 saturated carbocycles. The topological polar surface area (TPSA) is 64.4 Å². The number of nitrogens with zero attached hydrogens (tertiary/aromatic N) is 3. The molecule has 0 N–H and O–H groups in total. The second-order valence-electron chi connectivity index (χ2n) is 7.28. The van der Waals surface area contributed by atoms with Crippen molar-refractivity contribution in [3.8, 4) is 0 Å². The van der Waals surface area contributed by atoms with Crippen LogP contribution in [0.5, 0.6) is 0 Å². The summed E-state index contributed by atoms with van der Waals surface area (Å²) in [7, 11) is 1.30. The molecule has 0 atom stereocenters. The molecular weight excluding hydrogens is 363 g/mol. The van der Waals surface area contributed by atoms with Crippen LogP contribution >= 0.6 is 0 Å². The van der Waals surface area contributed by atoms with E-state index in [2.05, 4.69) is 5.10 Å². The molecule has 1 aromatic heterocycles. The van der Waals surface area contributed by atoms with E-state index in [4.69, 9.17) is 4.74 Å². The number of halogens is 3. The number of hydrogen-bond acceptors (Lipinski definition) is 4. The van der Waals surface area contributed by atoms with Crippen LogP contribution in [-0.4, -0.2) is 46.8 Å². The number of hydrogen-bond donors (Lipinski definition) is 0. The smallest absolute Gasteiger partial charge is 0.435 e. The second kappa shape index (κ2) is 7.52. The first kappa shape index (κ1) is 19.7. The molecule has 1 amide bonds. The van der Waals surface area contributed by atoms with Crippen molar-refractivity contribution in [3.05, 3.63) is 17.0 Å². The maximum absolute atomic E-state index is 13.6. The normalized spacial score (nSPS) is 19.5. The zero-order chi connectivity index (χ0) is 19.8. The maximum atomic E-state index is 13.6. The number of methoxy groups -OCH3 is 1. The first-order valence-electron chi connectivity index (χ1n) is 9.27. The van der Waals surface area contributed by atoms with Gasteiger partial charge in [-0.25, -0.2) is 0 Å². The molecule has 9 heteroatoms. The molecule has 1 aromatic rings. The Balaban J connectivity index is 1.86. The predicted molar refractivity (Wildman–Crippen MR) is 90.1 cm³/mol. The van der Waals surface area contributed by atoms with Crippen LogP contribution < -0.4 is 0 Å². The van der Waals surface area contributed by atoms with Crippen molar-refractivity contribution in [2.75, 3.05) is 20.2 Å². The number of aromatic nitrogens is 2. The van der Waals surface area contributed by atoms with Gasteiger partial charge in [-0.15, -0.1) is 0 Å². The van der Waals surface area contributed by atoms with Gasteiger partial charge in [0.15, 0.2) is 5.69 Å². The van der Waals surface area contributed by atoms with Crippen molar-refractivity contribution < 1.29 is 27.5 Å². The number of rotatable bonds is 3. The lowest BCUT2D eigenvalue weighted by molar-refractivity contribution is -0.146. The number of carbonyl (C=O) groups is 2. The highest BCUT2D eigenvalue weighted by Gasteiger charge is 2.43. The first-order valence-corrected chi connectivity index (χ1v) is 9.27. The van der Waals surface area contributed by atoms with Crippen LogP contribution in [0.3, 0.4) is 0 Å².